The number of rotatable bonds is 8. The molecule has 4 aromatic rings. The third kappa shape index (κ3) is 5.93. The highest BCUT2D eigenvalue weighted by molar-refractivity contribution is 7.89. The van der Waals surface area contributed by atoms with Crippen molar-refractivity contribution in [3.05, 3.63) is 93.8 Å². The molecule has 0 aliphatic carbocycles. The van der Waals surface area contributed by atoms with Crippen LogP contribution in [0.15, 0.2) is 86.9 Å². The van der Waals surface area contributed by atoms with Crippen molar-refractivity contribution in [2.45, 2.75) is 38.1 Å². The third-order valence-electron chi connectivity index (χ3n) is 6.17. The van der Waals surface area contributed by atoms with Crippen LogP contribution in [0, 0.1) is 12.8 Å². The summed E-state index contributed by atoms with van der Waals surface area (Å²) in [6, 6.07) is 18.7. The zero-order chi connectivity index (χ0) is 26.7. The second-order valence-corrected chi connectivity index (χ2v) is 11.0. The van der Waals surface area contributed by atoms with E-state index in [0.29, 0.717) is 17.4 Å². The Morgan fingerprint density at radius 2 is 1.73 bits per heavy atom. The van der Waals surface area contributed by atoms with E-state index in [4.69, 9.17) is 20.8 Å². The van der Waals surface area contributed by atoms with Crippen LogP contribution in [0.1, 0.15) is 25.8 Å². The van der Waals surface area contributed by atoms with Gasteiger partial charge in [0.15, 0.2) is 5.75 Å². The van der Waals surface area contributed by atoms with Gasteiger partial charge in [0, 0.05) is 17.5 Å². The summed E-state index contributed by atoms with van der Waals surface area (Å²) < 4.78 is 39.4. The third-order valence-corrected chi connectivity index (χ3v) is 7.93. The van der Waals surface area contributed by atoms with Gasteiger partial charge >= 0.3 is 11.6 Å². The van der Waals surface area contributed by atoms with Gasteiger partial charge in [0.25, 0.3) is 0 Å². The Hall–Kier alpha value is -3.46. The number of aryl methyl sites for hydroxylation is 1. The van der Waals surface area contributed by atoms with E-state index in [0.717, 1.165) is 11.1 Å². The number of esters is 1. The van der Waals surface area contributed by atoms with E-state index in [2.05, 4.69) is 4.72 Å². The smallest absolute Gasteiger partial charge is 0.336 e. The summed E-state index contributed by atoms with van der Waals surface area (Å²) in [7, 11) is -4.00. The first-order chi connectivity index (χ1) is 17.6. The summed E-state index contributed by atoms with van der Waals surface area (Å²) in [6.07, 6.45) is 0.511. The summed E-state index contributed by atoms with van der Waals surface area (Å²) >= 11 is 6.47. The monoisotopic (exact) mass is 539 g/mol. The molecular weight excluding hydrogens is 514 g/mol. The molecule has 0 radical (unpaired) electrons. The Bertz CT molecular complexity index is 1600. The molecule has 0 bridgehead atoms. The first kappa shape index (κ1) is 26.6. The molecular formula is C28H26ClNO6S. The molecule has 1 heterocycles. The Balaban J connectivity index is 1.67. The van der Waals surface area contributed by atoms with Crippen LogP contribution in [-0.4, -0.2) is 20.4 Å². The van der Waals surface area contributed by atoms with Crippen LogP contribution < -0.4 is 15.1 Å². The van der Waals surface area contributed by atoms with Crippen LogP contribution in [0.4, 0.5) is 0 Å². The lowest BCUT2D eigenvalue weighted by molar-refractivity contribution is -0.137. The Labute approximate surface area is 220 Å². The number of hydrogen-bond donors (Lipinski definition) is 1. The molecule has 3 aromatic carbocycles. The number of sulfonamides is 1. The largest absolute Gasteiger partial charge is 0.424 e. The lowest BCUT2D eigenvalue weighted by Crippen LogP contribution is -2.46. The predicted octanol–water partition coefficient (Wildman–Crippen LogP) is 5.72. The van der Waals surface area contributed by atoms with Crippen molar-refractivity contribution in [3.63, 3.8) is 0 Å². The summed E-state index contributed by atoms with van der Waals surface area (Å²) in [5.74, 6) is -1.25. The maximum absolute atomic E-state index is 13.2. The van der Waals surface area contributed by atoms with Crippen LogP contribution in [0.3, 0.4) is 0 Å². The fourth-order valence-corrected chi connectivity index (χ4v) is 5.35. The second-order valence-electron chi connectivity index (χ2n) is 8.84. The van der Waals surface area contributed by atoms with Crippen LogP contribution >= 0.6 is 11.6 Å². The molecule has 0 aliphatic rings. The van der Waals surface area contributed by atoms with Crippen molar-refractivity contribution in [1.29, 1.82) is 0 Å². The number of benzene rings is 3. The molecule has 0 spiro atoms. The van der Waals surface area contributed by atoms with Crippen LogP contribution in [-0.2, 0) is 14.8 Å². The summed E-state index contributed by atoms with van der Waals surface area (Å²) in [5.41, 5.74) is 1.93. The van der Waals surface area contributed by atoms with Gasteiger partial charge in [-0.2, -0.15) is 4.72 Å². The normalized spacial score (nSPS) is 13.3. The molecule has 0 amide bonds. The van der Waals surface area contributed by atoms with E-state index >= 15 is 0 Å². The topological polar surface area (TPSA) is 103 Å². The lowest BCUT2D eigenvalue weighted by atomic mass is 10.0. The van der Waals surface area contributed by atoms with Gasteiger partial charge in [-0.25, -0.2) is 18.0 Å². The molecule has 2 unspecified atom stereocenters. The molecule has 0 saturated carbocycles. The molecule has 4 rings (SSSR count). The fourth-order valence-electron chi connectivity index (χ4n) is 3.85. The highest BCUT2D eigenvalue weighted by Crippen LogP contribution is 2.35. The number of carbonyl (C=O) groups is 1. The van der Waals surface area contributed by atoms with E-state index in [1.54, 1.807) is 25.1 Å². The van der Waals surface area contributed by atoms with Gasteiger partial charge in [0.05, 0.1) is 9.92 Å². The maximum atomic E-state index is 13.2. The van der Waals surface area contributed by atoms with Crippen molar-refractivity contribution in [1.82, 2.24) is 4.72 Å². The molecule has 192 valence electrons. The Kier molecular flexibility index (Phi) is 7.82. The van der Waals surface area contributed by atoms with E-state index in [1.165, 1.54) is 24.3 Å². The average Bonchev–Trinajstić information content (AvgIpc) is 2.88. The minimum atomic E-state index is -4.00. The lowest BCUT2D eigenvalue weighted by Gasteiger charge is -2.23. The standard InChI is InChI=1S/C28H26ClNO6S/c1-4-18(3)27(30-37(33,34)20-12-10-17(2)11-13-20)28(32)36-25-16-24-22(14-23(25)29)21(15-26(31)35-24)19-8-6-5-7-9-19/h5-16,18,27,30H,4H2,1-3H3. The van der Waals surface area contributed by atoms with E-state index < -0.39 is 27.7 Å². The quantitative estimate of drug-likeness (QED) is 0.174. The van der Waals surface area contributed by atoms with E-state index in [1.807, 2.05) is 44.2 Å². The highest BCUT2D eigenvalue weighted by Gasteiger charge is 2.32. The molecule has 9 heteroatoms. The van der Waals surface area contributed by atoms with Crippen molar-refractivity contribution in [2.24, 2.45) is 5.92 Å². The molecule has 1 N–H and O–H groups in total. The molecule has 0 saturated heterocycles. The maximum Gasteiger partial charge on any atom is 0.336 e. The minimum Gasteiger partial charge on any atom is -0.424 e. The zero-order valence-electron chi connectivity index (χ0n) is 20.5. The molecule has 0 fully saturated rings. The molecule has 1 aromatic heterocycles. The zero-order valence-corrected chi connectivity index (χ0v) is 22.1. The Morgan fingerprint density at radius 1 is 1.05 bits per heavy atom. The number of halogens is 1. The number of fused-ring (bicyclic) bond motifs is 1. The molecule has 7 nitrogen and oxygen atoms in total. The van der Waals surface area contributed by atoms with E-state index in [9.17, 15) is 18.0 Å². The predicted molar refractivity (Wildman–Crippen MR) is 143 cm³/mol. The van der Waals surface area contributed by atoms with Gasteiger partial charge in [-0.1, -0.05) is 79.9 Å². The van der Waals surface area contributed by atoms with Gasteiger partial charge in [-0.15, -0.1) is 0 Å². The average molecular weight is 540 g/mol. The number of ether oxygens (including phenoxy) is 1. The summed E-state index contributed by atoms with van der Waals surface area (Å²) in [6.45, 7) is 5.44. The molecule has 0 aliphatic heterocycles. The molecule has 2 atom stereocenters. The number of nitrogens with one attached hydrogen (secondary N) is 1. The minimum absolute atomic E-state index is 0.0400. The first-order valence-corrected chi connectivity index (χ1v) is 13.6. The van der Waals surface area contributed by atoms with Crippen molar-refractivity contribution in [3.8, 4) is 16.9 Å². The van der Waals surface area contributed by atoms with Crippen LogP contribution in [0.2, 0.25) is 5.02 Å². The van der Waals surface area contributed by atoms with E-state index in [-0.39, 0.29) is 27.2 Å². The molecule has 37 heavy (non-hydrogen) atoms. The first-order valence-electron chi connectivity index (χ1n) is 11.7. The summed E-state index contributed by atoms with van der Waals surface area (Å²) in [5, 5.41) is 0.672. The van der Waals surface area contributed by atoms with Gasteiger partial charge < -0.3 is 9.15 Å². The van der Waals surface area contributed by atoms with Crippen molar-refractivity contribution < 1.29 is 22.4 Å². The van der Waals surface area contributed by atoms with Crippen LogP contribution in [0.25, 0.3) is 22.1 Å². The summed E-state index contributed by atoms with van der Waals surface area (Å²) in [4.78, 5) is 25.5. The highest BCUT2D eigenvalue weighted by atomic mass is 35.5. The number of carbonyl (C=O) groups excluding carboxylic acids is 1. The fraction of sp³-hybridized carbons (Fsp3) is 0.214. The Morgan fingerprint density at radius 3 is 2.38 bits per heavy atom. The SMILES string of the molecule is CCC(C)C(NS(=O)(=O)c1ccc(C)cc1)C(=O)Oc1cc2oc(=O)cc(-c3ccccc3)c2cc1Cl. The second kappa shape index (κ2) is 10.9. The van der Waals surface area contributed by atoms with Gasteiger partial charge in [-0.05, 0) is 42.2 Å². The van der Waals surface area contributed by atoms with Crippen LogP contribution in [0.5, 0.6) is 5.75 Å². The van der Waals surface area contributed by atoms with Gasteiger partial charge in [0.2, 0.25) is 10.0 Å². The number of hydrogen-bond acceptors (Lipinski definition) is 6. The van der Waals surface area contributed by atoms with Crippen molar-refractivity contribution in [2.75, 3.05) is 0 Å². The van der Waals surface area contributed by atoms with Gasteiger partial charge in [-0.3, -0.25) is 0 Å². The van der Waals surface area contributed by atoms with Crippen molar-refractivity contribution >= 4 is 38.6 Å². The van der Waals surface area contributed by atoms with Gasteiger partial charge in [0.1, 0.15) is 11.6 Å².